The number of aromatic nitrogens is 1. The molecule has 12 heavy (non-hydrogen) atoms. The molecule has 0 bridgehead atoms. The van der Waals surface area contributed by atoms with Crippen LogP contribution in [0.2, 0.25) is 0 Å². The van der Waals surface area contributed by atoms with Crippen molar-refractivity contribution >= 4 is 15.9 Å². The van der Waals surface area contributed by atoms with Crippen LogP contribution in [0.5, 0.6) is 0 Å². The van der Waals surface area contributed by atoms with E-state index in [-0.39, 0.29) is 0 Å². The summed E-state index contributed by atoms with van der Waals surface area (Å²) in [6, 6.07) is 3.98. The maximum absolute atomic E-state index is 4.32. The van der Waals surface area contributed by atoms with Crippen molar-refractivity contribution in [2.45, 2.75) is 27.2 Å². The lowest BCUT2D eigenvalue weighted by atomic mass is 9.90. The summed E-state index contributed by atoms with van der Waals surface area (Å²) in [6.45, 7) is 6.65. The quantitative estimate of drug-likeness (QED) is 0.717. The summed E-state index contributed by atoms with van der Waals surface area (Å²) >= 11 is 3.49. The lowest BCUT2D eigenvalue weighted by Gasteiger charge is -2.17. The molecule has 66 valence electrons. The van der Waals surface area contributed by atoms with Gasteiger partial charge in [0.2, 0.25) is 0 Å². The van der Waals surface area contributed by atoms with Gasteiger partial charge in [-0.05, 0) is 39.9 Å². The molecule has 0 spiro atoms. The van der Waals surface area contributed by atoms with Crippen molar-refractivity contribution < 1.29 is 0 Å². The molecule has 0 unspecified atom stereocenters. The van der Waals surface area contributed by atoms with Gasteiger partial charge in [0.1, 0.15) is 0 Å². The molecular formula is C10H14BrN. The van der Waals surface area contributed by atoms with Gasteiger partial charge in [0.25, 0.3) is 0 Å². The van der Waals surface area contributed by atoms with Crippen LogP contribution in [0.25, 0.3) is 0 Å². The molecule has 0 aliphatic rings. The average molecular weight is 228 g/mol. The minimum Gasteiger partial charge on any atom is -0.260 e. The lowest BCUT2D eigenvalue weighted by molar-refractivity contribution is 0.405. The summed E-state index contributed by atoms with van der Waals surface area (Å²) in [7, 11) is 0. The van der Waals surface area contributed by atoms with E-state index < -0.39 is 0 Å². The van der Waals surface area contributed by atoms with Gasteiger partial charge in [-0.25, -0.2) is 0 Å². The maximum Gasteiger partial charge on any atom is 0.0550 e. The Morgan fingerprint density at radius 1 is 1.42 bits per heavy atom. The Bertz CT molecular complexity index is 263. The first-order chi connectivity index (χ1) is 5.49. The third-order valence-electron chi connectivity index (χ3n) is 1.53. The van der Waals surface area contributed by atoms with Gasteiger partial charge in [0.15, 0.2) is 0 Å². The number of pyridine rings is 1. The van der Waals surface area contributed by atoms with Gasteiger partial charge in [-0.1, -0.05) is 20.8 Å². The SMILES string of the molecule is CC(C)(C)Cc1ncccc1Br. The van der Waals surface area contributed by atoms with Crippen LogP contribution in [-0.4, -0.2) is 4.98 Å². The van der Waals surface area contributed by atoms with E-state index in [1.165, 1.54) is 0 Å². The van der Waals surface area contributed by atoms with Gasteiger partial charge in [-0.2, -0.15) is 0 Å². The van der Waals surface area contributed by atoms with Crippen molar-refractivity contribution in [2.24, 2.45) is 5.41 Å². The molecule has 0 saturated carbocycles. The third-order valence-corrected chi connectivity index (χ3v) is 2.25. The summed E-state index contributed by atoms with van der Waals surface area (Å²) < 4.78 is 1.11. The molecule has 0 aliphatic carbocycles. The molecule has 0 saturated heterocycles. The molecule has 1 rings (SSSR count). The number of nitrogens with zero attached hydrogens (tertiary/aromatic N) is 1. The number of hydrogen-bond acceptors (Lipinski definition) is 1. The number of rotatable bonds is 1. The van der Waals surface area contributed by atoms with Crippen molar-refractivity contribution in [3.63, 3.8) is 0 Å². The molecule has 0 aliphatic heterocycles. The second-order valence-corrected chi connectivity index (χ2v) is 5.02. The minimum absolute atomic E-state index is 0.302. The summed E-state index contributed by atoms with van der Waals surface area (Å²) in [6.07, 6.45) is 2.85. The molecule has 0 N–H and O–H groups in total. The fraction of sp³-hybridized carbons (Fsp3) is 0.500. The van der Waals surface area contributed by atoms with Gasteiger partial charge in [0.05, 0.1) is 5.69 Å². The van der Waals surface area contributed by atoms with Crippen LogP contribution in [0.1, 0.15) is 26.5 Å². The zero-order chi connectivity index (χ0) is 9.19. The maximum atomic E-state index is 4.32. The largest absolute Gasteiger partial charge is 0.260 e. The number of hydrogen-bond donors (Lipinski definition) is 0. The Kier molecular flexibility index (Phi) is 2.89. The highest BCUT2D eigenvalue weighted by molar-refractivity contribution is 9.10. The van der Waals surface area contributed by atoms with E-state index in [0.717, 1.165) is 16.6 Å². The van der Waals surface area contributed by atoms with Gasteiger partial charge in [-0.15, -0.1) is 0 Å². The average Bonchev–Trinajstić information content (AvgIpc) is 1.91. The molecule has 0 radical (unpaired) electrons. The standard InChI is InChI=1S/C10H14BrN/c1-10(2,3)7-9-8(11)5-4-6-12-9/h4-6H,7H2,1-3H3. The zero-order valence-electron chi connectivity index (χ0n) is 7.76. The molecule has 0 fully saturated rings. The van der Waals surface area contributed by atoms with Gasteiger partial charge < -0.3 is 0 Å². The van der Waals surface area contributed by atoms with Crippen LogP contribution in [-0.2, 0) is 6.42 Å². The Hall–Kier alpha value is -0.370. The first-order valence-electron chi connectivity index (χ1n) is 4.08. The van der Waals surface area contributed by atoms with Crippen LogP contribution < -0.4 is 0 Å². The van der Waals surface area contributed by atoms with E-state index in [2.05, 4.69) is 41.7 Å². The second-order valence-electron chi connectivity index (χ2n) is 4.17. The minimum atomic E-state index is 0.302. The third kappa shape index (κ3) is 2.94. The molecule has 1 heterocycles. The predicted molar refractivity (Wildman–Crippen MR) is 55.1 cm³/mol. The molecule has 1 aromatic heterocycles. The molecular weight excluding hydrogens is 214 g/mol. The predicted octanol–water partition coefficient (Wildman–Crippen LogP) is 3.43. The lowest BCUT2D eigenvalue weighted by Crippen LogP contribution is -2.10. The van der Waals surface area contributed by atoms with E-state index in [1.54, 1.807) is 0 Å². The van der Waals surface area contributed by atoms with E-state index in [4.69, 9.17) is 0 Å². The first kappa shape index (κ1) is 9.72. The molecule has 0 aromatic carbocycles. The highest BCUT2D eigenvalue weighted by Gasteiger charge is 2.13. The van der Waals surface area contributed by atoms with Crippen LogP contribution >= 0.6 is 15.9 Å². The second kappa shape index (κ2) is 3.56. The monoisotopic (exact) mass is 227 g/mol. The van der Waals surface area contributed by atoms with Crippen molar-refractivity contribution in [1.82, 2.24) is 4.98 Å². The van der Waals surface area contributed by atoms with Crippen molar-refractivity contribution in [3.8, 4) is 0 Å². The van der Waals surface area contributed by atoms with Gasteiger partial charge >= 0.3 is 0 Å². The molecule has 2 heteroatoms. The molecule has 0 amide bonds. The summed E-state index contributed by atoms with van der Waals surface area (Å²) in [4.78, 5) is 4.32. The van der Waals surface area contributed by atoms with E-state index in [9.17, 15) is 0 Å². The van der Waals surface area contributed by atoms with Crippen molar-refractivity contribution in [2.75, 3.05) is 0 Å². The molecule has 1 nitrogen and oxygen atoms in total. The fourth-order valence-corrected chi connectivity index (χ4v) is 1.45. The topological polar surface area (TPSA) is 12.9 Å². The smallest absolute Gasteiger partial charge is 0.0550 e. The highest BCUT2D eigenvalue weighted by atomic mass is 79.9. The number of halogens is 1. The van der Waals surface area contributed by atoms with Gasteiger partial charge in [-0.3, -0.25) is 4.98 Å². The van der Waals surface area contributed by atoms with E-state index >= 15 is 0 Å². The molecule has 0 atom stereocenters. The van der Waals surface area contributed by atoms with E-state index in [0.29, 0.717) is 5.41 Å². The normalized spacial score (nSPS) is 11.7. The van der Waals surface area contributed by atoms with E-state index in [1.807, 2.05) is 18.3 Å². The zero-order valence-corrected chi connectivity index (χ0v) is 9.35. The summed E-state index contributed by atoms with van der Waals surface area (Å²) in [5, 5.41) is 0. The Morgan fingerprint density at radius 3 is 2.58 bits per heavy atom. The van der Waals surface area contributed by atoms with Crippen LogP contribution in [0.4, 0.5) is 0 Å². The van der Waals surface area contributed by atoms with Crippen LogP contribution in [0.3, 0.4) is 0 Å². The first-order valence-corrected chi connectivity index (χ1v) is 4.88. The molecule has 1 aromatic rings. The van der Waals surface area contributed by atoms with Crippen molar-refractivity contribution in [1.29, 1.82) is 0 Å². The Labute approximate surface area is 82.3 Å². The highest BCUT2D eigenvalue weighted by Crippen LogP contribution is 2.23. The van der Waals surface area contributed by atoms with Crippen LogP contribution in [0, 0.1) is 5.41 Å². The Balaban J connectivity index is 2.83. The van der Waals surface area contributed by atoms with Gasteiger partial charge in [0, 0.05) is 10.7 Å². The fourth-order valence-electron chi connectivity index (χ4n) is 1.05. The summed E-state index contributed by atoms with van der Waals surface area (Å²) in [5.41, 5.74) is 1.45. The summed E-state index contributed by atoms with van der Waals surface area (Å²) in [5.74, 6) is 0. The van der Waals surface area contributed by atoms with Crippen LogP contribution in [0.15, 0.2) is 22.8 Å². The van der Waals surface area contributed by atoms with Crippen molar-refractivity contribution in [3.05, 3.63) is 28.5 Å². The Morgan fingerprint density at radius 2 is 2.08 bits per heavy atom.